The van der Waals surface area contributed by atoms with Gasteiger partial charge in [-0.15, -0.1) is 0 Å². The number of aromatic nitrogens is 2. The predicted octanol–water partition coefficient (Wildman–Crippen LogP) is 11.5. The van der Waals surface area contributed by atoms with E-state index in [1.54, 1.807) is 0 Å². The molecule has 1 N–H and O–H groups in total. The Balaban J connectivity index is 1.27. The minimum Gasteiger partial charge on any atom is -0.455 e. The molecule has 6 heteroatoms. The van der Waals surface area contributed by atoms with E-state index < -0.39 is 0 Å². The summed E-state index contributed by atoms with van der Waals surface area (Å²) < 4.78 is 17.5. The first kappa shape index (κ1) is 26.9. The first-order valence-electron chi connectivity index (χ1n) is 16.5. The number of fused-ring (bicyclic) bond motifs is 14. The molecule has 0 atom stereocenters. The number of nitrogens with zero attached hydrogens (tertiary/aromatic N) is 3. The maximum absolute atomic E-state index is 10.6. The molecule has 0 aliphatic heterocycles. The third-order valence-electron chi connectivity index (χ3n) is 10.3. The van der Waals surface area contributed by atoms with Gasteiger partial charge in [-0.3, -0.25) is 0 Å². The molecular formula is C44H24N4O2. The van der Waals surface area contributed by atoms with Gasteiger partial charge in [0.15, 0.2) is 0 Å². The zero-order valence-corrected chi connectivity index (χ0v) is 26.4. The average Bonchev–Trinajstić information content (AvgIpc) is 3.91. The zero-order chi connectivity index (χ0) is 33.1. The summed E-state index contributed by atoms with van der Waals surface area (Å²) in [4.78, 5) is 0. The summed E-state index contributed by atoms with van der Waals surface area (Å²) in [5.74, 6) is 0. The summed E-state index contributed by atoms with van der Waals surface area (Å²) >= 11 is 0. The summed E-state index contributed by atoms with van der Waals surface area (Å²) in [6.07, 6.45) is 1.29. The van der Waals surface area contributed by atoms with E-state index in [1.807, 2.05) is 60.7 Å². The highest BCUT2D eigenvalue weighted by Gasteiger charge is 2.23. The van der Waals surface area contributed by atoms with Crippen LogP contribution in [0.3, 0.4) is 0 Å². The molecule has 0 aliphatic carbocycles. The van der Waals surface area contributed by atoms with Gasteiger partial charge in [0.2, 0.25) is 0 Å². The van der Waals surface area contributed by atoms with Crippen molar-refractivity contribution in [3.05, 3.63) is 145 Å². The van der Waals surface area contributed by atoms with Gasteiger partial charge in [0, 0.05) is 49.8 Å². The fraction of sp³-hybridized carbons (Fsp3) is 0. The molecule has 0 aliphatic rings. The SMILES string of the molecule is N#Cc1cc(-n2c3ccccc3c3c4oc5ccccc5c4ccc32)cc(-n2c3ccccc3c3c4oc5ccccc5c4ccc32)c1C=N. The van der Waals surface area contributed by atoms with Gasteiger partial charge in [0.25, 0.3) is 0 Å². The van der Waals surface area contributed by atoms with Crippen LogP contribution < -0.4 is 0 Å². The van der Waals surface area contributed by atoms with Gasteiger partial charge in [-0.1, -0.05) is 72.8 Å². The van der Waals surface area contributed by atoms with Crippen molar-refractivity contribution in [2.75, 3.05) is 0 Å². The van der Waals surface area contributed by atoms with Crippen LogP contribution in [0.15, 0.2) is 142 Å². The van der Waals surface area contributed by atoms with Crippen LogP contribution in [0.5, 0.6) is 0 Å². The molecule has 0 fully saturated rings. The van der Waals surface area contributed by atoms with Crippen LogP contribution in [-0.4, -0.2) is 15.3 Å². The lowest BCUT2D eigenvalue weighted by molar-refractivity contribution is 0.672. The van der Waals surface area contributed by atoms with Crippen LogP contribution in [0.4, 0.5) is 0 Å². The molecule has 50 heavy (non-hydrogen) atoms. The van der Waals surface area contributed by atoms with Crippen LogP contribution in [-0.2, 0) is 0 Å². The molecule has 11 rings (SSSR count). The summed E-state index contributed by atoms with van der Waals surface area (Å²) in [5, 5.41) is 27.6. The average molecular weight is 641 g/mol. The van der Waals surface area contributed by atoms with Crippen molar-refractivity contribution in [1.29, 1.82) is 10.7 Å². The Morgan fingerprint density at radius 3 is 1.58 bits per heavy atom. The maximum Gasteiger partial charge on any atom is 0.145 e. The van der Waals surface area contributed by atoms with Crippen LogP contribution in [0.2, 0.25) is 0 Å². The highest BCUT2D eigenvalue weighted by atomic mass is 16.3. The van der Waals surface area contributed by atoms with Crippen molar-refractivity contribution in [3.63, 3.8) is 0 Å². The molecule has 7 aromatic carbocycles. The Morgan fingerprint density at radius 2 is 1.02 bits per heavy atom. The van der Waals surface area contributed by atoms with Crippen molar-refractivity contribution in [2.45, 2.75) is 0 Å². The van der Waals surface area contributed by atoms with E-state index >= 15 is 0 Å². The van der Waals surface area contributed by atoms with Crippen molar-refractivity contribution in [1.82, 2.24) is 9.13 Å². The Hall–Kier alpha value is -7.10. The molecule has 0 saturated carbocycles. The van der Waals surface area contributed by atoms with Crippen LogP contribution in [0.25, 0.3) is 98.9 Å². The van der Waals surface area contributed by atoms with Gasteiger partial charge in [-0.2, -0.15) is 5.26 Å². The molecule has 0 saturated heterocycles. The molecule has 4 heterocycles. The normalized spacial score (nSPS) is 12.1. The van der Waals surface area contributed by atoms with E-state index in [9.17, 15) is 5.26 Å². The molecule has 4 aromatic heterocycles. The van der Waals surface area contributed by atoms with Crippen LogP contribution in [0.1, 0.15) is 11.1 Å². The van der Waals surface area contributed by atoms with Gasteiger partial charge in [0.05, 0.1) is 50.2 Å². The Labute approximate surface area is 283 Å². The number of nitriles is 1. The summed E-state index contributed by atoms with van der Waals surface area (Å²) in [5.41, 5.74) is 9.75. The van der Waals surface area contributed by atoms with Gasteiger partial charge in [0.1, 0.15) is 22.3 Å². The van der Waals surface area contributed by atoms with E-state index in [0.717, 1.165) is 98.9 Å². The molecule has 0 radical (unpaired) electrons. The van der Waals surface area contributed by atoms with Gasteiger partial charge in [-0.25, -0.2) is 0 Å². The van der Waals surface area contributed by atoms with Gasteiger partial charge < -0.3 is 23.4 Å². The smallest absolute Gasteiger partial charge is 0.145 e. The van der Waals surface area contributed by atoms with E-state index in [2.05, 4.69) is 88.0 Å². The van der Waals surface area contributed by atoms with Gasteiger partial charge in [-0.05, 0) is 60.7 Å². The first-order valence-corrected chi connectivity index (χ1v) is 16.5. The molecule has 232 valence electrons. The van der Waals surface area contributed by atoms with E-state index in [4.69, 9.17) is 14.2 Å². The third-order valence-corrected chi connectivity index (χ3v) is 10.3. The molecular weight excluding hydrogens is 617 g/mol. The van der Waals surface area contributed by atoms with Crippen molar-refractivity contribution in [3.8, 4) is 17.4 Å². The minimum absolute atomic E-state index is 0.416. The van der Waals surface area contributed by atoms with Gasteiger partial charge >= 0.3 is 0 Å². The Bertz CT molecular complexity index is 3310. The fourth-order valence-electron chi connectivity index (χ4n) is 8.19. The quantitative estimate of drug-likeness (QED) is 0.195. The fourth-order valence-corrected chi connectivity index (χ4v) is 8.19. The molecule has 6 nitrogen and oxygen atoms in total. The largest absolute Gasteiger partial charge is 0.455 e. The number of hydrogen-bond donors (Lipinski definition) is 1. The first-order chi connectivity index (χ1) is 24.7. The van der Waals surface area contributed by atoms with E-state index in [-0.39, 0.29) is 0 Å². The number of para-hydroxylation sites is 4. The lowest BCUT2D eigenvalue weighted by Gasteiger charge is -2.16. The number of benzene rings is 7. The lowest BCUT2D eigenvalue weighted by Crippen LogP contribution is -2.05. The van der Waals surface area contributed by atoms with E-state index in [1.165, 1.54) is 6.21 Å². The van der Waals surface area contributed by atoms with Crippen LogP contribution in [0, 0.1) is 16.7 Å². The Morgan fingerprint density at radius 1 is 0.520 bits per heavy atom. The van der Waals surface area contributed by atoms with Crippen LogP contribution >= 0.6 is 0 Å². The standard InChI is InChI=1S/C44H24N4O2/c45-23-25-21-26(47-34-13-5-1-11-31(34)41-36(47)19-17-29-27-9-3-7-15-39(27)49-43(29)41)22-38(33(25)24-46)48-35-14-6-2-12-32(35)42-37(48)20-18-30-28-10-4-8-16-40(28)50-44(30)42/h1-22,24,46H. The Kier molecular flexibility index (Phi) is 5.23. The predicted molar refractivity (Wildman–Crippen MR) is 202 cm³/mol. The monoisotopic (exact) mass is 640 g/mol. The molecule has 0 unspecified atom stereocenters. The third kappa shape index (κ3) is 3.37. The summed E-state index contributed by atoms with van der Waals surface area (Å²) in [6, 6.07) is 47.8. The highest BCUT2D eigenvalue weighted by Crippen LogP contribution is 2.43. The number of furan rings is 2. The minimum atomic E-state index is 0.416. The second kappa shape index (κ2) is 9.72. The molecule has 0 bridgehead atoms. The number of rotatable bonds is 3. The molecule has 0 amide bonds. The maximum atomic E-state index is 10.6. The number of hydrogen-bond acceptors (Lipinski definition) is 4. The molecule has 11 aromatic rings. The van der Waals surface area contributed by atoms with Crippen molar-refractivity contribution < 1.29 is 8.83 Å². The zero-order valence-electron chi connectivity index (χ0n) is 26.4. The van der Waals surface area contributed by atoms with Crippen molar-refractivity contribution >= 4 is 93.7 Å². The molecule has 0 spiro atoms. The number of nitrogens with one attached hydrogen (secondary N) is 1. The van der Waals surface area contributed by atoms with E-state index in [0.29, 0.717) is 11.1 Å². The topological polar surface area (TPSA) is 83.8 Å². The lowest BCUT2D eigenvalue weighted by atomic mass is 10.0. The highest BCUT2D eigenvalue weighted by molar-refractivity contribution is 6.25. The summed E-state index contributed by atoms with van der Waals surface area (Å²) in [6.45, 7) is 0. The van der Waals surface area contributed by atoms with Crippen molar-refractivity contribution in [2.24, 2.45) is 0 Å². The summed E-state index contributed by atoms with van der Waals surface area (Å²) in [7, 11) is 0. The second-order valence-electron chi connectivity index (χ2n) is 12.8. The second-order valence-corrected chi connectivity index (χ2v) is 12.8.